The molecule has 0 aromatic carbocycles. The molecule has 0 amide bonds. The molecule has 0 heterocycles. The van der Waals surface area contributed by atoms with Gasteiger partial charge in [-0.25, -0.2) is 0 Å². The van der Waals surface area contributed by atoms with E-state index in [0.29, 0.717) is 0 Å². The van der Waals surface area contributed by atoms with Gasteiger partial charge in [-0.05, 0) is 18.5 Å². The third-order valence-electron chi connectivity index (χ3n) is 0.699. The summed E-state index contributed by atoms with van der Waals surface area (Å²) in [4.78, 5) is 0. The minimum atomic E-state index is 1.13. The molecule has 0 fully saturated rings. The van der Waals surface area contributed by atoms with Gasteiger partial charge in [0.05, 0.1) is 0 Å². The van der Waals surface area contributed by atoms with E-state index in [4.69, 9.17) is 4.10 Å². The van der Waals surface area contributed by atoms with E-state index in [9.17, 15) is 0 Å². The van der Waals surface area contributed by atoms with Crippen LogP contribution in [0.5, 0.6) is 0 Å². The van der Waals surface area contributed by atoms with Crippen LogP contribution in [0.4, 0.5) is 0 Å². The lowest BCUT2D eigenvalue weighted by Crippen LogP contribution is -1.76. The lowest BCUT2D eigenvalue weighted by Gasteiger charge is -1.92. The van der Waals surface area contributed by atoms with E-state index in [2.05, 4.69) is 6.92 Å². The van der Waals surface area contributed by atoms with Gasteiger partial charge in [-0.1, -0.05) is 13.3 Å². The number of hydrogen-bond acceptors (Lipinski definition) is 2. The van der Waals surface area contributed by atoms with E-state index in [0.717, 1.165) is 5.75 Å². The smallest absolute Gasteiger partial charge is 0.277 e. The highest BCUT2D eigenvalue weighted by atomic mass is 32.2. The lowest BCUT2D eigenvalue weighted by molar-refractivity contribution is 0.717. The highest BCUT2D eigenvalue weighted by Gasteiger charge is 1.80. The van der Waals surface area contributed by atoms with Gasteiger partial charge in [-0.15, -0.1) is 0 Å². The fraction of sp³-hybridized carbons (Fsp3) is 1.00. The van der Waals surface area contributed by atoms with Crippen molar-refractivity contribution >= 4 is 20.1 Å². The summed E-state index contributed by atoms with van der Waals surface area (Å²) < 4.78 is 4.76. The van der Waals surface area contributed by atoms with Crippen LogP contribution in [0, 0.1) is 0 Å². The molecule has 0 bridgehead atoms. The Morgan fingerprint density at radius 1 is 1.71 bits per heavy atom. The second-order valence-corrected chi connectivity index (χ2v) is 2.32. The van der Waals surface area contributed by atoms with Crippen LogP contribution < -0.4 is 0 Å². The molecule has 3 heteroatoms. The van der Waals surface area contributed by atoms with Crippen LogP contribution in [0.3, 0.4) is 0 Å². The molecule has 1 nitrogen and oxygen atoms in total. The monoisotopic (exact) mass is 118 g/mol. The van der Waals surface area contributed by atoms with Crippen LogP contribution in [0.2, 0.25) is 0 Å². The molecule has 42 valence electrons. The number of unbranched alkanes of at least 4 members (excludes halogenated alkanes) is 1. The normalized spacial score (nSPS) is 9.29. The molecule has 0 N–H and O–H groups in total. The Kier molecular flexibility index (Phi) is 6.72. The van der Waals surface area contributed by atoms with Crippen molar-refractivity contribution in [2.75, 3.05) is 5.75 Å². The van der Waals surface area contributed by atoms with Crippen LogP contribution >= 0.6 is 12.0 Å². The molecule has 0 aliphatic carbocycles. The van der Waals surface area contributed by atoms with Gasteiger partial charge in [0, 0.05) is 5.75 Å². The third kappa shape index (κ3) is 6.37. The lowest BCUT2D eigenvalue weighted by atomic mass is 10.4. The van der Waals surface area contributed by atoms with Gasteiger partial charge in [-0.3, -0.25) is 0 Å². The summed E-state index contributed by atoms with van der Waals surface area (Å²) >= 11 is 1.53. The molecule has 0 radical (unpaired) electrons. The average molecular weight is 118 g/mol. The molecule has 0 spiro atoms. The van der Waals surface area contributed by atoms with Crippen molar-refractivity contribution in [2.24, 2.45) is 0 Å². The van der Waals surface area contributed by atoms with Crippen molar-refractivity contribution < 1.29 is 4.10 Å². The highest BCUT2D eigenvalue weighted by Crippen LogP contribution is 2.01. The van der Waals surface area contributed by atoms with Crippen LogP contribution in [-0.2, 0) is 4.10 Å². The van der Waals surface area contributed by atoms with Gasteiger partial charge in [-0.2, -0.15) is 0 Å². The summed E-state index contributed by atoms with van der Waals surface area (Å²) in [7, 11) is 1.71. The van der Waals surface area contributed by atoms with Gasteiger partial charge < -0.3 is 4.10 Å². The minimum absolute atomic E-state index is 1.13. The highest BCUT2D eigenvalue weighted by molar-refractivity contribution is 7.95. The van der Waals surface area contributed by atoms with E-state index in [1.165, 1.54) is 24.9 Å². The first-order valence-electron chi connectivity index (χ1n) is 2.57. The van der Waals surface area contributed by atoms with Crippen molar-refractivity contribution in [3.8, 4) is 0 Å². The summed E-state index contributed by atoms with van der Waals surface area (Å²) in [5.74, 6) is 1.13. The van der Waals surface area contributed by atoms with Gasteiger partial charge >= 0.3 is 0 Å². The van der Waals surface area contributed by atoms with E-state index < -0.39 is 0 Å². The SMILES string of the molecule is BOSCCCC. The summed E-state index contributed by atoms with van der Waals surface area (Å²) in [6.45, 7) is 2.18. The molecule has 0 aliphatic rings. The van der Waals surface area contributed by atoms with Crippen LogP contribution in [0.15, 0.2) is 0 Å². The second kappa shape index (κ2) is 6.37. The maximum Gasteiger partial charge on any atom is 0.277 e. The quantitative estimate of drug-likeness (QED) is 0.309. The standard InChI is InChI=1S/C4H11BOS/c1-2-3-4-7-6-5/h2-5H2,1H3. The fourth-order valence-corrected chi connectivity index (χ4v) is 0.860. The Labute approximate surface area is 50.5 Å². The van der Waals surface area contributed by atoms with Crippen LogP contribution in [-0.4, -0.2) is 13.8 Å². The molecule has 0 unspecified atom stereocenters. The Hall–Kier alpha value is 0.375. The van der Waals surface area contributed by atoms with Crippen molar-refractivity contribution in [1.82, 2.24) is 0 Å². The Morgan fingerprint density at radius 3 is 2.86 bits per heavy atom. The Balaban J connectivity index is 2.45. The molecular weight excluding hydrogens is 107 g/mol. The predicted molar refractivity (Wildman–Crippen MR) is 37.0 cm³/mol. The topological polar surface area (TPSA) is 9.23 Å². The maximum atomic E-state index is 4.76. The zero-order valence-corrected chi connectivity index (χ0v) is 5.75. The van der Waals surface area contributed by atoms with Crippen LogP contribution in [0.25, 0.3) is 0 Å². The summed E-state index contributed by atoms with van der Waals surface area (Å²) in [5.41, 5.74) is 0. The molecule has 0 aliphatic heterocycles. The minimum Gasteiger partial charge on any atom is -0.386 e. The van der Waals surface area contributed by atoms with E-state index in [-0.39, 0.29) is 0 Å². The third-order valence-corrected chi connectivity index (χ3v) is 1.39. The molecule has 0 atom stereocenters. The maximum absolute atomic E-state index is 4.76. The number of rotatable bonds is 4. The number of hydrogen-bond donors (Lipinski definition) is 0. The fourth-order valence-electron chi connectivity index (χ4n) is 0.287. The zero-order chi connectivity index (χ0) is 5.54. The first-order valence-corrected chi connectivity index (χ1v) is 3.48. The predicted octanol–water partition coefficient (Wildman–Crippen LogP) is 0.999. The van der Waals surface area contributed by atoms with Crippen LogP contribution in [0.1, 0.15) is 19.8 Å². The van der Waals surface area contributed by atoms with E-state index in [1.807, 2.05) is 0 Å². The molecule has 7 heavy (non-hydrogen) atoms. The van der Waals surface area contributed by atoms with Crippen molar-refractivity contribution in [3.63, 3.8) is 0 Å². The average Bonchev–Trinajstić information content (AvgIpc) is 1.69. The Morgan fingerprint density at radius 2 is 2.43 bits per heavy atom. The van der Waals surface area contributed by atoms with Gasteiger partial charge in [0.1, 0.15) is 0 Å². The molecule has 0 rings (SSSR count). The largest absolute Gasteiger partial charge is 0.386 e. The van der Waals surface area contributed by atoms with Gasteiger partial charge in [0.25, 0.3) is 8.05 Å². The van der Waals surface area contributed by atoms with Crippen molar-refractivity contribution in [3.05, 3.63) is 0 Å². The van der Waals surface area contributed by atoms with E-state index >= 15 is 0 Å². The zero-order valence-electron chi connectivity index (χ0n) is 4.94. The second-order valence-electron chi connectivity index (χ2n) is 1.34. The van der Waals surface area contributed by atoms with E-state index in [1.54, 1.807) is 8.05 Å². The molecule has 0 aromatic rings. The van der Waals surface area contributed by atoms with Gasteiger partial charge in [0.15, 0.2) is 0 Å². The first kappa shape index (κ1) is 7.37. The van der Waals surface area contributed by atoms with Crippen molar-refractivity contribution in [2.45, 2.75) is 19.8 Å². The summed E-state index contributed by atoms with van der Waals surface area (Å²) in [6, 6.07) is 0. The first-order chi connectivity index (χ1) is 3.41. The van der Waals surface area contributed by atoms with Crippen molar-refractivity contribution in [1.29, 1.82) is 0 Å². The summed E-state index contributed by atoms with van der Waals surface area (Å²) in [6.07, 6.45) is 2.52. The molecule has 0 aromatic heterocycles. The molecular formula is C4H11BOS. The molecule has 0 saturated heterocycles. The molecule has 0 saturated carbocycles. The summed E-state index contributed by atoms with van der Waals surface area (Å²) in [5, 5.41) is 0. The van der Waals surface area contributed by atoms with Gasteiger partial charge in [0.2, 0.25) is 0 Å². The Bertz CT molecular complexity index is 30.9.